The van der Waals surface area contributed by atoms with Gasteiger partial charge in [0.2, 0.25) is 0 Å². The van der Waals surface area contributed by atoms with E-state index in [9.17, 15) is 5.11 Å². The average molecular weight is 219 g/mol. The number of aliphatic hydroxyl groups is 1. The molecule has 86 valence electrons. The van der Waals surface area contributed by atoms with Gasteiger partial charge in [-0.15, -0.1) is 0 Å². The van der Waals surface area contributed by atoms with E-state index < -0.39 is 0 Å². The highest BCUT2D eigenvalue weighted by atomic mass is 16.3. The smallest absolute Gasteiger partial charge is 0.124 e. The fourth-order valence-electron chi connectivity index (χ4n) is 2.08. The summed E-state index contributed by atoms with van der Waals surface area (Å²) in [6.45, 7) is 1.65. The lowest BCUT2D eigenvalue weighted by molar-refractivity contribution is 0.145. The molecule has 0 bridgehead atoms. The first-order valence-electron chi connectivity index (χ1n) is 5.55. The number of aliphatic hydroxyl groups excluding tert-OH is 1. The predicted octanol–water partition coefficient (Wildman–Crippen LogP) is 0.932. The van der Waals surface area contributed by atoms with Crippen molar-refractivity contribution in [1.82, 2.24) is 0 Å². The first-order chi connectivity index (χ1) is 7.68. The Morgan fingerprint density at radius 1 is 1.31 bits per heavy atom. The molecule has 2 rings (SSSR count). The summed E-state index contributed by atoms with van der Waals surface area (Å²) in [4.78, 5) is 2.18. The standard InChI is InChI=1S/C12H17N3O/c13-12(14)10-3-1-2-4-11(10)15-7-5-9(16)6-8-15/h1-4,9,16H,5-8H2,(H3,13,14). The van der Waals surface area contributed by atoms with Gasteiger partial charge in [0.1, 0.15) is 5.84 Å². The maximum absolute atomic E-state index is 9.46. The summed E-state index contributed by atoms with van der Waals surface area (Å²) >= 11 is 0. The third-order valence-corrected chi connectivity index (χ3v) is 3.00. The topological polar surface area (TPSA) is 73.3 Å². The summed E-state index contributed by atoms with van der Waals surface area (Å²) in [5.41, 5.74) is 7.33. The number of hydrogen-bond donors (Lipinski definition) is 3. The molecule has 0 radical (unpaired) electrons. The molecule has 0 aliphatic carbocycles. The van der Waals surface area contributed by atoms with Crippen molar-refractivity contribution in [3.63, 3.8) is 0 Å². The van der Waals surface area contributed by atoms with E-state index in [1.807, 2.05) is 24.3 Å². The van der Waals surface area contributed by atoms with E-state index in [1.165, 1.54) is 0 Å². The zero-order valence-electron chi connectivity index (χ0n) is 9.19. The molecule has 1 aromatic carbocycles. The maximum Gasteiger partial charge on any atom is 0.124 e. The molecule has 0 unspecified atom stereocenters. The van der Waals surface area contributed by atoms with E-state index in [4.69, 9.17) is 11.1 Å². The van der Waals surface area contributed by atoms with Gasteiger partial charge in [0.05, 0.1) is 6.10 Å². The van der Waals surface area contributed by atoms with E-state index >= 15 is 0 Å². The third kappa shape index (κ3) is 2.17. The van der Waals surface area contributed by atoms with Crippen LogP contribution in [0.25, 0.3) is 0 Å². The Morgan fingerprint density at radius 3 is 2.56 bits per heavy atom. The largest absolute Gasteiger partial charge is 0.393 e. The lowest BCUT2D eigenvalue weighted by Crippen LogP contribution is -2.37. The lowest BCUT2D eigenvalue weighted by Gasteiger charge is -2.32. The van der Waals surface area contributed by atoms with E-state index in [-0.39, 0.29) is 11.9 Å². The Hall–Kier alpha value is -1.55. The lowest BCUT2D eigenvalue weighted by atomic mass is 10.0. The number of piperidine rings is 1. The highest BCUT2D eigenvalue weighted by Gasteiger charge is 2.19. The number of rotatable bonds is 2. The van der Waals surface area contributed by atoms with Crippen LogP contribution in [0.15, 0.2) is 24.3 Å². The van der Waals surface area contributed by atoms with E-state index in [0.717, 1.165) is 37.2 Å². The Bertz CT molecular complexity index is 384. The summed E-state index contributed by atoms with van der Waals surface area (Å²) in [5, 5.41) is 17.0. The molecule has 0 atom stereocenters. The molecule has 1 fully saturated rings. The van der Waals surface area contributed by atoms with Crippen molar-refractivity contribution in [1.29, 1.82) is 5.41 Å². The molecule has 4 nitrogen and oxygen atoms in total. The van der Waals surface area contributed by atoms with E-state index in [1.54, 1.807) is 0 Å². The summed E-state index contributed by atoms with van der Waals surface area (Å²) in [7, 11) is 0. The minimum atomic E-state index is -0.180. The van der Waals surface area contributed by atoms with Gasteiger partial charge >= 0.3 is 0 Å². The third-order valence-electron chi connectivity index (χ3n) is 3.00. The molecular weight excluding hydrogens is 202 g/mol. The minimum absolute atomic E-state index is 0.0988. The Labute approximate surface area is 95.2 Å². The molecule has 4 heteroatoms. The summed E-state index contributed by atoms with van der Waals surface area (Å²) in [5.74, 6) is 0.0988. The van der Waals surface area contributed by atoms with Crippen LogP contribution in [-0.2, 0) is 0 Å². The second kappa shape index (κ2) is 4.53. The van der Waals surface area contributed by atoms with Crippen LogP contribution in [-0.4, -0.2) is 30.1 Å². The highest BCUT2D eigenvalue weighted by Crippen LogP contribution is 2.23. The minimum Gasteiger partial charge on any atom is -0.393 e. The zero-order valence-corrected chi connectivity index (χ0v) is 9.19. The van der Waals surface area contributed by atoms with Gasteiger partial charge in [-0.1, -0.05) is 12.1 Å². The number of nitrogens with zero attached hydrogens (tertiary/aromatic N) is 1. The van der Waals surface area contributed by atoms with Crippen LogP contribution < -0.4 is 10.6 Å². The van der Waals surface area contributed by atoms with Crippen LogP contribution in [0.2, 0.25) is 0 Å². The van der Waals surface area contributed by atoms with Gasteiger partial charge in [0, 0.05) is 24.3 Å². The molecule has 1 saturated heterocycles. The molecule has 1 aliphatic rings. The molecule has 16 heavy (non-hydrogen) atoms. The number of anilines is 1. The number of nitrogens with one attached hydrogen (secondary N) is 1. The van der Waals surface area contributed by atoms with E-state index in [2.05, 4.69) is 4.90 Å². The van der Waals surface area contributed by atoms with Gasteiger partial charge in [-0.3, -0.25) is 5.41 Å². The SMILES string of the molecule is N=C(N)c1ccccc1N1CCC(O)CC1. The highest BCUT2D eigenvalue weighted by molar-refractivity contribution is 6.00. The molecule has 0 spiro atoms. The van der Waals surface area contributed by atoms with Crippen molar-refractivity contribution >= 4 is 11.5 Å². The van der Waals surface area contributed by atoms with Crippen LogP contribution in [0, 0.1) is 5.41 Å². The summed E-state index contributed by atoms with van der Waals surface area (Å²) in [6, 6.07) is 7.68. The van der Waals surface area contributed by atoms with Crippen molar-refractivity contribution in [2.45, 2.75) is 18.9 Å². The van der Waals surface area contributed by atoms with Gasteiger partial charge in [0.25, 0.3) is 0 Å². The van der Waals surface area contributed by atoms with E-state index in [0.29, 0.717) is 0 Å². The molecule has 1 aliphatic heterocycles. The Kier molecular flexibility index (Phi) is 3.10. The number of hydrogen-bond acceptors (Lipinski definition) is 3. The van der Waals surface area contributed by atoms with Crippen LogP contribution >= 0.6 is 0 Å². The van der Waals surface area contributed by atoms with Crippen molar-refractivity contribution in [2.24, 2.45) is 5.73 Å². The van der Waals surface area contributed by atoms with Crippen molar-refractivity contribution in [3.05, 3.63) is 29.8 Å². The van der Waals surface area contributed by atoms with Gasteiger partial charge in [-0.25, -0.2) is 0 Å². The Balaban J connectivity index is 2.23. The van der Waals surface area contributed by atoms with Crippen LogP contribution in [0.5, 0.6) is 0 Å². The van der Waals surface area contributed by atoms with Crippen molar-refractivity contribution in [2.75, 3.05) is 18.0 Å². The zero-order chi connectivity index (χ0) is 11.5. The monoisotopic (exact) mass is 219 g/mol. The number of para-hydroxylation sites is 1. The van der Waals surface area contributed by atoms with Crippen LogP contribution in [0.1, 0.15) is 18.4 Å². The van der Waals surface area contributed by atoms with Gasteiger partial charge in [0.15, 0.2) is 0 Å². The average Bonchev–Trinajstić information content (AvgIpc) is 2.30. The maximum atomic E-state index is 9.46. The number of benzene rings is 1. The molecule has 0 amide bonds. The van der Waals surface area contributed by atoms with Gasteiger partial charge in [-0.05, 0) is 25.0 Å². The van der Waals surface area contributed by atoms with Gasteiger partial charge < -0.3 is 15.7 Å². The molecule has 1 heterocycles. The number of nitrogen functional groups attached to an aromatic ring is 1. The molecule has 1 aromatic rings. The number of amidine groups is 1. The Morgan fingerprint density at radius 2 is 1.94 bits per heavy atom. The van der Waals surface area contributed by atoms with Crippen LogP contribution in [0.4, 0.5) is 5.69 Å². The number of nitrogens with two attached hydrogens (primary N) is 1. The fourth-order valence-corrected chi connectivity index (χ4v) is 2.08. The van der Waals surface area contributed by atoms with Gasteiger partial charge in [-0.2, -0.15) is 0 Å². The van der Waals surface area contributed by atoms with Crippen molar-refractivity contribution in [3.8, 4) is 0 Å². The first kappa shape index (κ1) is 11.0. The first-order valence-corrected chi connectivity index (χ1v) is 5.55. The molecule has 0 aromatic heterocycles. The van der Waals surface area contributed by atoms with Crippen LogP contribution in [0.3, 0.4) is 0 Å². The fraction of sp³-hybridized carbons (Fsp3) is 0.417. The normalized spacial score (nSPS) is 17.4. The van der Waals surface area contributed by atoms with Crippen molar-refractivity contribution < 1.29 is 5.11 Å². The summed E-state index contributed by atoms with van der Waals surface area (Å²) in [6.07, 6.45) is 1.39. The quantitative estimate of drug-likeness (QED) is 0.512. The molecule has 4 N–H and O–H groups in total. The summed E-state index contributed by atoms with van der Waals surface area (Å²) < 4.78 is 0. The second-order valence-corrected chi connectivity index (χ2v) is 4.15. The predicted molar refractivity (Wildman–Crippen MR) is 64.9 cm³/mol. The molecule has 0 saturated carbocycles. The second-order valence-electron chi connectivity index (χ2n) is 4.15. The molecular formula is C12H17N3O.